The van der Waals surface area contributed by atoms with Crippen LogP contribution in [0.4, 0.5) is 10.1 Å². The third kappa shape index (κ3) is 3.40. The van der Waals surface area contributed by atoms with E-state index < -0.39 is 15.8 Å². The van der Waals surface area contributed by atoms with Gasteiger partial charge in [0.25, 0.3) is 0 Å². The van der Waals surface area contributed by atoms with Crippen molar-refractivity contribution in [2.45, 2.75) is 24.3 Å². The second-order valence-corrected chi connectivity index (χ2v) is 7.05. The standard InChI is InChI=1S/C16H15FN2O3S/c17-14-4-2-1-3-12(14)10-18-23(21,22)13-6-7-15-11(9-13)5-8-16(20)19-15/h1-4,6-7,9,18H,5,8,10H2,(H,19,20). The lowest BCUT2D eigenvalue weighted by atomic mass is 10.0. The molecule has 0 spiro atoms. The van der Waals surface area contributed by atoms with Gasteiger partial charge in [0.2, 0.25) is 15.9 Å². The lowest BCUT2D eigenvalue weighted by molar-refractivity contribution is -0.116. The molecule has 0 bridgehead atoms. The van der Waals surface area contributed by atoms with Crippen LogP contribution in [0.25, 0.3) is 0 Å². The molecule has 23 heavy (non-hydrogen) atoms. The lowest BCUT2D eigenvalue weighted by Gasteiger charge is -2.17. The fraction of sp³-hybridized carbons (Fsp3) is 0.188. The van der Waals surface area contributed by atoms with Crippen molar-refractivity contribution in [3.8, 4) is 0 Å². The molecule has 1 aliphatic rings. The van der Waals surface area contributed by atoms with Gasteiger partial charge in [0, 0.05) is 24.2 Å². The molecule has 1 heterocycles. The maximum atomic E-state index is 13.6. The zero-order valence-electron chi connectivity index (χ0n) is 12.2. The Morgan fingerprint density at radius 1 is 1.13 bits per heavy atom. The maximum Gasteiger partial charge on any atom is 0.240 e. The molecular formula is C16H15FN2O3S. The van der Waals surface area contributed by atoms with Gasteiger partial charge in [0.05, 0.1) is 4.90 Å². The Labute approximate surface area is 133 Å². The van der Waals surface area contributed by atoms with Crippen molar-refractivity contribution in [2.24, 2.45) is 0 Å². The van der Waals surface area contributed by atoms with E-state index in [-0.39, 0.29) is 22.9 Å². The van der Waals surface area contributed by atoms with Crippen LogP contribution in [0.5, 0.6) is 0 Å². The molecule has 1 aliphatic heterocycles. The van der Waals surface area contributed by atoms with Gasteiger partial charge in [0.15, 0.2) is 0 Å². The van der Waals surface area contributed by atoms with E-state index in [1.807, 2.05) is 0 Å². The summed E-state index contributed by atoms with van der Waals surface area (Å²) >= 11 is 0. The van der Waals surface area contributed by atoms with Gasteiger partial charge in [-0.1, -0.05) is 18.2 Å². The van der Waals surface area contributed by atoms with Crippen LogP contribution in [0.2, 0.25) is 0 Å². The van der Waals surface area contributed by atoms with Crippen molar-refractivity contribution < 1.29 is 17.6 Å². The molecule has 1 amide bonds. The number of aryl methyl sites for hydroxylation is 1. The van der Waals surface area contributed by atoms with E-state index in [1.54, 1.807) is 24.3 Å². The summed E-state index contributed by atoms with van der Waals surface area (Å²) in [5, 5.41) is 2.70. The smallest absolute Gasteiger partial charge is 0.240 e. The molecule has 2 N–H and O–H groups in total. The van der Waals surface area contributed by atoms with Crippen LogP contribution in [-0.2, 0) is 27.8 Å². The first-order valence-corrected chi connectivity index (χ1v) is 8.60. The van der Waals surface area contributed by atoms with Crippen molar-refractivity contribution in [1.82, 2.24) is 4.72 Å². The molecule has 0 unspecified atom stereocenters. The maximum absolute atomic E-state index is 13.6. The number of carbonyl (C=O) groups is 1. The van der Waals surface area contributed by atoms with Crippen LogP contribution < -0.4 is 10.0 Å². The number of hydrogen-bond acceptors (Lipinski definition) is 3. The summed E-state index contributed by atoms with van der Waals surface area (Å²) in [6.07, 6.45) is 0.830. The van der Waals surface area contributed by atoms with Crippen LogP contribution in [0.15, 0.2) is 47.4 Å². The van der Waals surface area contributed by atoms with Gasteiger partial charge in [0.1, 0.15) is 5.82 Å². The molecule has 0 radical (unpaired) electrons. The molecule has 2 aromatic rings. The van der Waals surface area contributed by atoms with E-state index in [9.17, 15) is 17.6 Å². The Morgan fingerprint density at radius 3 is 2.70 bits per heavy atom. The van der Waals surface area contributed by atoms with Gasteiger partial charge in [-0.15, -0.1) is 0 Å². The second-order valence-electron chi connectivity index (χ2n) is 5.28. The largest absolute Gasteiger partial charge is 0.326 e. The van der Waals surface area contributed by atoms with Crippen molar-refractivity contribution in [3.05, 3.63) is 59.4 Å². The Balaban J connectivity index is 1.80. The topological polar surface area (TPSA) is 75.3 Å². The number of nitrogens with one attached hydrogen (secondary N) is 2. The summed E-state index contributed by atoms with van der Waals surface area (Å²) < 4.78 is 40.6. The number of sulfonamides is 1. The highest BCUT2D eigenvalue weighted by atomic mass is 32.2. The van der Waals surface area contributed by atoms with Crippen LogP contribution >= 0.6 is 0 Å². The SMILES string of the molecule is O=C1CCc2cc(S(=O)(=O)NCc3ccccc3F)ccc2N1. The van der Waals surface area contributed by atoms with E-state index in [1.165, 1.54) is 18.2 Å². The van der Waals surface area contributed by atoms with Crippen molar-refractivity contribution in [1.29, 1.82) is 0 Å². The first-order valence-electron chi connectivity index (χ1n) is 7.11. The first kappa shape index (κ1) is 15.6. The average molecular weight is 334 g/mol. The third-order valence-corrected chi connectivity index (χ3v) is 5.09. The van der Waals surface area contributed by atoms with E-state index in [2.05, 4.69) is 10.0 Å². The van der Waals surface area contributed by atoms with Crippen LogP contribution in [0, 0.1) is 5.82 Å². The summed E-state index contributed by atoms with van der Waals surface area (Å²) in [5.74, 6) is -0.533. The van der Waals surface area contributed by atoms with Crippen molar-refractivity contribution in [3.63, 3.8) is 0 Å². The number of rotatable bonds is 4. The number of fused-ring (bicyclic) bond motifs is 1. The Kier molecular flexibility index (Phi) is 4.14. The predicted molar refractivity (Wildman–Crippen MR) is 83.8 cm³/mol. The highest BCUT2D eigenvalue weighted by Crippen LogP contribution is 2.25. The number of halogens is 1. The minimum absolute atomic E-state index is 0.0780. The monoisotopic (exact) mass is 334 g/mol. The summed E-state index contributed by atoms with van der Waals surface area (Å²) in [4.78, 5) is 11.4. The molecule has 0 saturated carbocycles. The minimum Gasteiger partial charge on any atom is -0.326 e. The predicted octanol–water partition coefficient (Wildman–Crippen LogP) is 2.19. The Hall–Kier alpha value is -2.25. The van der Waals surface area contributed by atoms with E-state index in [0.717, 1.165) is 5.56 Å². The van der Waals surface area contributed by atoms with Gasteiger partial charge in [-0.3, -0.25) is 4.79 Å². The van der Waals surface area contributed by atoms with Gasteiger partial charge in [-0.2, -0.15) is 0 Å². The highest BCUT2D eigenvalue weighted by molar-refractivity contribution is 7.89. The van der Waals surface area contributed by atoms with Crippen molar-refractivity contribution in [2.75, 3.05) is 5.32 Å². The number of amides is 1. The Bertz CT molecular complexity index is 865. The summed E-state index contributed by atoms with van der Waals surface area (Å²) in [6.45, 7) is -0.122. The quantitative estimate of drug-likeness (QED) is 0.900. The van der Waals surface area contributed by atoms with E-state index >= 15 is 0 Å². The van der Waals surface area contributed by atoms with Crippen LogP contribution in [0.3, 0.4) is 0 Å². The van der Waals surface area contributed by atoms with Gasteiger partial charge >= 0.3 is 0 Å². The first-order chi connectivity index (χ1) is 11.0. The van der Waals surface area contributed by atoms with E-state index in [0.29, 0.717) is 18.5 Å². The lowest BCUT2D eigenvalue weighted by Crippen LogP contribution is -2.25. The van der Waals surface area contributed by atoms with Crippen molar-refractivity contribution >= 4 is 21.6 Å². The molecule has 7 heteroatoms. The molecule has 5 nitrogen and oxygen atoms in total. The zero-order valence-corrected chi connectivity index (χ0v) is 13.0. The van der Waals surface area contributed by atoms with Gasteiger partial charge in [-0.25, -0.2) is 17.5 Å². The molecule has 0 fully saturated rings. The van der Waals surface area contributed by atoms with Gasteiger partial charge in [-0.05, 0) is 36.2 Å². The minimum atomic E-state index is -3.75. The summed E-state index contributed by atoms with van der Waals surface area (Å²) in [6, 6.07) is 10.5. The number of anilines is 1. The molecule has 0 aliphatic carbocycles. The van der Waals surface area contributed by atoms with Crippen LogP contribution in [0.1, 0.15) is 17.5 Å². The molecular weight excluding hydrogens is 319 g/mol. The van der Waals surface area contributed by atoms with Gasteiger partial charge < -0.3 is 5.32 Å². The number of benzene rings is 2. The zero-order chi connectivity index (χ0) is 16.4. The average Bonchev–Trinajstić information content (AvgIpc) is 2.53. The third-order valence-electron chi connectivity index (χ3n) is 3.69. The molecule has 0 aromatic heterocycles. The fourth-order valence-electron chi connectivity index (χ4n) is 2.42. The number of carbonyl (C=O) groups excluding carboxylic acids is 1. The van der Waals surface area contributed by atoms with E-state index in [4.69, 9.17) is 0 Å². The summed E-state index contributed by atoms with van der Waals surface area (Å²) in [5.41, 5.74) is 1.69. The molecule has 0 atom stereocenters. The molecule has 120 valence electrons. The number of hydrogen-bond donors (Lipinski definition) is 2. The Morgan fingerprint density at radius 2 is 1.91 bits per heavy atom. The fourth-order valence-corrected chi connectivity index (χ4v) is 3.48. The van der Waals surface area contributed by atoms with Crippen LogP contribution in [-0.4, -0.2) is 14.3 Å². The second kappa shape index (κ2) is 6.10. The molecule has 2 aromatic carbocycles. The normalized spacial score (nSPS) is 14.2. The molecule has 3 rings (SSSR count). The molecule has 0 saturated heterocycles. The highest BCUT2D eigenvalue weighted by Gasteiger charge is 2.20. The summed E-state index contributed by atoms with van der Waals surface area (Å²) in [7, 11) is -3.75.